The van der Waals surface area contributed by atoms with E-state index in [2.05, 4.69) is 4.98 Å². The van der Waals surface area contributed by atoms with Gasteiger partial charge in [0.25, 0.3) is 0 Å². The van der Waals surface area contributed by atoms with Crippen molar-refractivity contribution in [3.8, 4) is 11.6 Å². The number of hydrogen-bond acceptors (Lipinski definition) is 4. The Morgan fingerprint density at radius 1 is 1.31 bits per heavy atom. The molecular weight excluding hydrogens is 168 g/mol. The molecule has 0 saturated heterocycles. The minimum Gasteiger partial charge on any atom is -0.492 e. The van der Waals surface area contributed by atoms with Crippen LogP contribution in [0.15, 0.2) is 12.3 Å². The summed E-state index contributed by atoms with van der Waals surface area (Å²) >= 11 is 0. The Bertz CT molecular complexity index is 276. The molecule has 0 bridgehead atoms. The summed E-state index contributed by atoms with van der Waals surface area (Å²) in [5.74, 6) is 1.13. The lowest BCUT2D eigenvalue weighted by Crippen LogP contribution is -2.00. The molecule has 0 fully saturated rings. The first-order valence-corrected chi connectivity index (χ1v) is 4.29. The first-order chi connectivity index (χ1) is 6.27. The molecule has 0 aliphatic heterocycles. The smallest absolute Gasteiger partial charge is 0.237 e. The van der Waals surface area contributed by atoms with Crippen molar-refractivity contribution >= 4 is 5.69 Å². The summed E-state index contributed by atoms with van der Waals surface area (Å²) in [6.07, 6.45) is 1.60. The molecule has 0 spiro atoms. The molecule has 13 heavy (non-hydrogen) atoms. The number of ether oxygens (including phenoxy) is 2. The number of nitrogens with zero attached hydrogens (tertiary/aromatic N) is 1. The number of rotatable bonds is 4. The van der Waals surface area contributed by atoms with Gasteiger partial charge in [0.05, 0.1) is 25.1 Å². The van der Waals surface area contributed by atoms with E-state index >= 15 is 0 Å². The van der Waals surface area contributed by atoms with Crippen LogP contribution in [-0.2, 0) is 0 Å². The van der Waals surface area contributed by atoms with E-state index in [0.29, 0.717) is 30.5 Å². The highest BCUT2D eigenvalue weighted by molar-refractivity contribution is 5.51. The second-order valence-corrected chi connectivity index (χ2v) is 2.43. The van der Waals surface area contributed by atoms with Crippen LogP contribution in [0.3, 0.4) is 0 Å². The van der Waals surface area contributed by atoms with E-state index in [9.17, 15) is 0 Å². The van der Waals surface area contributed by atoms with Crippen molar-refractivity contribution in [1.29, 1.82) is 0 Å². The first-order valence-electron chi connectivity index (χ1n) is 4.29. The number of aromatic nitrogens is 1. The van der Waals surface area contributed by atoms with Gasteiger partial charge in [0.2, 0.25) is 5.88 Å². The van der Waals surface area contributed by atoms with Gasteiger partial charge in [-0.15, -0.1) is 0 Å². The summed E-state index contributed by atoms with van der Waals surface area (Å²) in [7, 11) is 0. The second kappa shape index (κ2) is 4.54. The Kier molecular flexibility index (Phi) is 3.37. The Morgan fingerprint density at radius 3 is 2.54 bits per heavy atom. The van der Waals surface area contributed by atoms with Crippen molar-refractivity contribution in [3.05, 3.63) is 12.3 Å². The molecule has 0 aliphatic rings. The Labute approximate surface area is 77.7 Å². The van der Waals surface area contributed by atoms with Gasteiger partial charge < -0.3 is 15.2 Å². The predicted octanol–water partition coefficient (Wildman–Crippen LogP) is 1.46. The highest BCUT2D eigenvalue weighted by Crippen LogP contribution is 2.22. The number of nitrogen functional groups attached to an aromatic ring is 1. The maximum Gasteiger partial charge on any atom is 0.237 e. The van der Waals surface area contributed by atoms with Gasteiger partial charge in [-0.05, 0) is 13.8 Å². The van der Waals surface area contributed by atoms with Crippen molar-refractivity contribution < 1.29 is 9.47 Å². The van der Waals surface area contributed by atoms with Crippen LogP contribution in [0, 0.1) is 0 Å². The third kappa shape index (κ3) is 2.50. The van der Waals surface area contributed by atoms with E-state index < -0.39 is 0 Å². The molecule has 4 nitrogen and oxygen atoms in total. The van der Waals surface area contributed by atoms with Crippen LogP contribution < -0.4 is 15.2 Å². The third-order valence-corrected chi connectivity index (χ3v) is 1.45. The topological polar surface area (TPSA) is 57.4 Å². The van der Waals surface area contributed by atoms with Crippen molar-refractivity contribution in [2.24, 2.45) is 0 Å². The SMILES string of the molecule is CCOc1cnc(OCC)c(N)c1. The summed E-state index contributed by atoms with van der Waals surface area (Å²) in [5.41, 5.74) is 6.18. The lowest BCUT2D eigenvalue weighted by molar-refractivity contribution is 0.320. The van der Waals surface area contributed by atoms with E-state index in [0.717, 1.165) is 0 Å². The fourth-order valence-corrected chi connectivity index (χ4v) is 0.952. The summed E-state index contributed by atoms with van der Waals surface area (Å²) in [6.45, 7) is 4.96. The zero-order chi connectivity index (χ0) is 9.68. The van der Waals surface area contributed by atoms with Crippen molar-refractivity contribution in [1.82, 2.24) is 4.98 Å². The molecule has 0 aliphatic carbocycles. The quantitative estimate of drug-likeness (QED) is 0.765. The minimum atomic E-state index is 0.464. The molecule has 4 heteroatoms. The van der Waals surface area contributed by atoms with Crippen molar-refractivity contribution in [2.75, 3.05) is 18.9 Å². The Balaban J connectivity index is 2.79. The van der Waals surface area contributed by atoms with E-state index in [1.165, 1.54) is 0 Å². The molecule has 0 amide bonds. The van der Waals surface area contributed by atoms with Crippen LogP contribution in [-0.4, -0.2) is 18.2 Å². The molecule has 2 N–H and O–H groups in total. The van der Waals surface area contributed by atoms with Crippen molar-refractivity contribution in [2.45, 2.75) is 13.8 Å². The van der Waals surface area contributed by atoms with E-state index in [-0.39, 0.29) is 0 Å². The number of anilines is 1. The summed E-state index contributed by atoms with van der Waals surface area (Å²) in [4.78, 5) is 4.01. The first kappa shape index (κ1) is 9.64. The molecule has 0 aromatic carbocycles. The van der Waals surface area contributed by atoms with Gasteiger partial charge in [0.15, 0.2) is 0 Å². The Hall–Kier alpha value is -1.45. The standard InChI is InChI=1S/C9H14N2O2/c1-3-12-7-5-8(10)9(11-6-7)13-4-2/h5-6H,3-4,10H2,1-2H3. The van der Waals surface area contributed by atoms with Crippen LogP contribution >= 0.6 is 0 Å². The van der Waals surface area contributed by atoms with Crippen LogP contribution in [0.5, 0.6) is 11.6 Å². The molecule has 0 atom stereocenters. The molecule has 0 radical (unpaired) electrons. The molecule has 0 saturated carbocycles. The van der Waals surface area contributed by atoms with Gasteiger partial charge in [-0.3, -0.25) is 0 Å². The van der Waals surface area contributed by atoms with Crippen LogP contribution in [0.25, 0.3) is 0 Å². The largest absolute Gasteiger partial charge is 0.492 e. The lowest BCUT2D eigenvalue weighted by Gasteiger charge is -2.07. The number of nitrogens with two attached hydrogens (primary N) is 1. The van der Waals surface area contributed by atoms with Gasteiger partial charge in [0, 0.05) is 6.07 Å². The van der Waals surface area contributed by atoms with Gasteiger partial charge >= 0.3 is 0 Å². The summed E-state index contributed by atoms with van der Waals surface area (Å²) in [6, 6.07) is 1.71. The fraction of sp³-hybridized carbons (Fsp3) is 0.444. The summed E-state index contributed by atoms with van der Waals surface area (Å²) in [5, 5.41) is 0. The molecule has 1 aromatic heterocycles. The van der Waals surface area contributed by atoms with E-state index in [1.807, 2.05) is 13.8 Å². The second-order valence-electron chi connectivity index (χ2n) is 2.43. The molecule has 72 valence electrons. The van der Waals surface area contributed by atoms with Crippen LogP contribution in [0.4, 0.5) is 5.69 Å². The molecule has 1 heterocycles. The monoisotopic (exact) mass is 182 g/mol. The maximum absolute atomic E-state index is 5.67. The highest BCUT2D eigenvalue weighted by atomic mass is 16.5. The van der Waals surface area contributed by atoms with Gasteiger partial charge in [-0.2, -0.15) is 0 Å². The van der Waals surface area contributed by atoms with Gasteiger partial charge in [-0.25, -0.2) is 4.98 Å². The molecule has 1 rings (SSSR count). The zero-order valence-electron chi connectivity index (χ0n) is 7.91. The third-order valence-electron chi connectivity index (χ3n) is 1.45. The molecule has 0 unspecified atom stereocenters. The van der Waals surface area contributed by atoms with E-state index in [4.69, 9.17) is 15.2 Å². The zero-order valence-corrected chi connectivity index (χ0v) is 7.91. The minimum absolute atomic E-state index is 0.464. The highest BCUT2D eigenvalue weighted by Gasteiger charge is 2.02. The lowest BCUT2D eigenvalue weighted by atomic mass is 10.4. The number of pyridine rings is 1. The van der Waals surface area contributed by atoms with Crippen LogP contribution in [0.2, 0.25) is 0 Å². The van der Waals surface area contributed by atoms with Crippen molar-refractivity contribution in [3.63, 3.8) is 0 Å². The molecular formula is C9H14N2O2. The fourth-order valence-electron chi connectivity index (χ4n) is 0.952. The maximum atomic E-state index is 5.67. The average molecular weight is 182 g/mol. The summed E-state index contributed by atoms with van der Waals surface area (Å²) < 4.78 is 10.4. The van der Waals surface area contributed by atoms with Crippen LogP contribution in [0.1, 0.15) is 13.8 Å². The Morgan fingerprint density at radius 2 is 2.00 bits per heavy atom. The number of hydrogen-bond donors (Lipinski definition) is 1. The van der Waals surface area contributed by atoms with Gasteiger partial charge in [-0.1, -0.05) is 0 Å². The average Bonchev–Trinajstić information content (AvgIpc) is 2.10. The normalized spacial score (nSPS) is 9.69. The van der Waals surface area contributed by atoms with Gasteiger partial charge in [0.1, 0.15) is 5.75 Å². The predicted molar refractivity (Wildman–Crippen MR) is 51.0 cm³/mol. The van der Waals surface area contributed by atoms with E-state index in [1.54, 1.807) is 12.3 Å². The molecule has 1 aromatic rings.